The van der Waals surface area contributed by atoms with E-state index >= 15 is 0 Å². The quantitative estimate of drug-likeness (QED) is 0.175. The van der Waals surface area contributed by atoms with E-state index in [-0.39, 0.29) is 6.42 Å². The molecule has 3 rings (SSSR count). The van der Waals surface area contributed by atoms with Gasteiger partial charge in [0.15, 0.2) is 6.23 Å². The van der Waals surface area contributed by atoms with Crippen LogP contribution in [0.25, 0.3) is 0 Å². The Morgan fingerprint density at radius 2 is 1.91 bits per heavy atom. The molecule has 0 spiro atoms. The molecule has 33 heavy (non-hydrogen) atoms. The molecule has 0 radical (unpaired) electrons. The molecule has 1 aliphatic heterocycles. The van der Waals surface area contributed by atoms with E-state index in [0.717, 1.165) is 16.8 Å². The lowest BCUT2D eigenvalue weighted by molar-refractivity contribution is -0.0966. The van der Waals surface area contributed by atoms with Gasteiger partial charge in [-0.15, -0.1) is 0 Å². The first-order chi connectivity index (χ1) is 14.9. The van der Waals surface area contributed by atoms with Gasteiger partial charge in [0.05, 0.1) is 6.10 Å². The Morgan fingerprint density at radius 3 is 2.45 bits per heavy atom. The predicted octanol–water partition coefficient (Wildman–Crippen LogP) is -0.547. The predicted molar refractivity (Wildman–Crippen MR) is 107 cm³/mol. The Kier molecular flexibility index (Phi) is 6.83. The van der Waals surface area contributed by atoms with Crippen molar-refractivity contribution >= 4 is 35.1 Å². The van der Waals surface area contributed by atoms with Gasteiger partial charge in [-0.1, -0.05) is 5.92 Å². The third-order valence-corrected chi connectivity index (χ3v) is 9.04. The van der Waals surface area contributed by atoms with Crippen LogP contribution in [-0.2, 0) is 31.6 Å². The zero-order valence-corrected chi connectivity index (χ0v) is 19.7. The second kappa shape index (κ2) is 8.51. The van der Waals surface area contributed by atoms with Crippen LogP contribution in [0.3, 0.4) is 0 Å². The van der Waals surface area contributed by atoms with E-state index in [4.69, 9.17) is 36.4 Å². The SMILES string of the molecule is CC(OP(=O)(O)OP(=O)(O)OP(=O)(O)O)C12CC1C(N)(C#CCl)[C@H](n1ccc(=O)[nH]c1=O)O2. The summed E-state index contributed by atoms with van der Waals surface area (Å²) in [7, 11) is -16.8. The summed E-state index contributed by atoms with van der Waals surface area (Å²) in [5, 5.41) is 2.09. The molecule has 0 amide bonds. The smallest absolute Gasteiger partial charge is 0.345 e. The number of nitrogens with two attached hydrogens (primary N) is 1. The summed E-state index contributed by atoms with van der Waals surface area (Å²) in [5.41, 5.74) is 1.68. The molecule has 2 fully saturated rings. The number of phosphoric ester groups is 1. The van der Waals surface area contributed by atoms with Crippen LogP contribution in [0.1, 0.15) is 19.6 Å². The summed E-state index contributed by atoms with van der Waals surface area (Å²) < 4.78 is 53.5. The molecule has 1 aromatic rings. The molecule has 16 nitrogen and oxygen atoms in total. The topological polar surface area (TPSA) is 250 Å². The molecule has 1 saturated carbocycles. The summed E-state index contributed by atoms with van der Waals surface area (Å²) in [4.78, 5) is 61.9. The number of phosphoric acid groups is 3. The number of H-pyrrole nitrogens is 1. The standard InChI is InChI=1S/C13H17ClN3O13P3/c1-7(28-32(23,24)30-33(25,26)29-31(20,21)22)13-6-8(13)12(15,3-4-14)10(27-13)17-5-2-9(18)16-11(17)19/h2,5,7-8,10H,6,15H2,1H3,(H,23,24)(H,25,26)(H,16,18,19)(H2,20,21,22)/t7?,8?,10-,12?,13?/m1/s1. The summed E-state index contributed by atoms with van der Waals surface area (Å²) in [6.07, 6.45) is -1.56. The van der Waals surface area contributed by atoms with Crippen LogP contribution in [0.5, 0.6) is 0 Å². The van der Waals surface area contributed by atoms with E-state index in [1.165, 1.54) is 6.92 Å². The highest BCUT2D eigenvalue weighted by Gasteiger charge is 2.76. The summed E-state index contributed by atoms with van der Waals surface area (Å²) in [6.45, 7) is 1.21. The highest BCUT2D eigenvalue weighted by Crippen LogP contribution is 2.70. The fourth-order valence-electron chi connectivity index (χ4n) is 3.70. The zero-order chi connectivity index (χ0) is 25.0. The summed E-state index contributed by atoms with van der Waals surface area (Å²) >= 11 is 5.52. The second-order valence-electron chi connectivity index (χ2n) is 7.19. The maximum Gasteiger partial charge on any atom is 0.490 e. The highest BCUT2D eigenvalue weighted by atomic mass is 35.5. The molecule has 1 aromatic heterocycles. The Morgan fingerprint density at radius 1 is 1.27 bits per heavy atom. The minimum atomic E-state index is -5.72. The number of nitrogens with zero attached hydrogens (tertiary/aromatic N) is 1. The molecule has 0 aromatic carbocycles. The lowest BCUT2D eigenvalue weighted by Gasteiger charge is -2.30. The number of aromatic nitrogens is 2. The fourth-order valence-corrected chi connectivity index (χ4v) is 7.11. The maximum absolute atomic E-state index is 12.2. The van der Waals surface area contributed by atoms with E-state index in [2.05, 4.69) is 19.9 Å². The van der Waals surface area contributed by atoms with Crippen molar-refractivity contribution in [2.45, 2.75) is 36.8 Å². The minimum absolute atomic E-state index is 0.0839. The number of aromatic amines is 1. The van der Waals surface area contributed by atoms with Crippen molar-refractivity contribution in [2.75, 3.05) is 0 Å². The van der Waals surface area contributed by atoms with Gasteiger partial charge < -0.3 is 30.0 Å². The van der Waals surface area contributed by atoms with E-state index in [1.807, 2.05) is 4.98 Å². The van der Waals surface area contributed by atoms with Crippen molar-refractivity contribution in [1.29, 1.82) is 0 Å². The number of hydrogen-bond donors (Lipinski definition) is 6. The maximum atomic E-state index is 12.2. The average molecular weight is 552 g/mol. The van der Waals surface area contributed by atoms with Gasteiger partial charge in [0.25, 0.3) is 5.56 Å². The van der Waals surface area contributed by atoms with Gasteiger partial charge in [-0.2, -0.15) is 8.62 Å². The van der Waals surface area contributed by atoms with Crippen molar-refractivity contribution in [3.05, 3.63) is 33.1 Å². The molecule has 2 aliphatic rings. The molecule has 184 valence electrons. The normalized spacial score (nSPS) is 33.2. The number of fused-ring (bicyclic) bond motifs is 1. The molecular formula is C13H17ClN3O13P3. The zero-order valence-electron chi connectivity index (χ0n) is 16.3. The number of nitrogens with one attached hydrogen (secondary N) is 1. The number of ether oxygens (including phenoxy) is 1. The first-order valence-electron chi connectivity index (χ1n) is 8.68. The molecule has 7 atom stereocenters. The lowest BCUT2D eigenvalue weighted by atomic mass is 9.92. The van der Waals surface area contributed by atoms with E-state index in [0.29, 0.717) is 0 Å². The largest absolute Gasteiger partial charge is 0.490 e. The third kappa shape index (κ3) is 5.42. The number of hydrogen-bond acceptors (Lipinski definition) is 10. The van der Waals surface area contributed by atoms with Gasteiger partial charge in [-0.3, -0.25) is 18.9 Å². The van der Waals surface area contributed by atoms with E-state index in [1.54, 1.807) is 0 Å². The molecule has 0 bridgehead atoms. The average Bonchev–Trinajstić information content (AvgIpc) is 3.28. The minimum Gasteiger partial charge on any atom is -0.345 e. The lowest BCUT2D eigenvalue weighted by Crippen LogP contribution is -2.50. The molecule has 2 heterocycles. The summed E-state index contributed by atoms with van der Waals surface area (Å²) in [6, 6.07) is 1.02. The number of halogens is 1. The molecular weight excluding hydrogens is 535 g/mol. The Balaban J connectivity index is 1.86. The van der Waals surface area contributed by atoms with Crippen LogP contribution >= 0.6 is 35.1 Å². The van der Waals surface area contributed by atoms with Crippen LogP contribution in [0, 0.1) is 17.2 Å². The van der Waals surface area contributed by atoms with E-state index < -0.39 is 64.1 Å². The van der Waals surface area contributed by atoms with Crippen molar-refractivity contribution in [3.8, 4) is 11.3 Å². The first-order valence-corrected chi connectivity index (χ1v) is 13.6. The third-order valence-electron chi connectivity index (χ3n) is 5.03. The fraction of sp³-hybridized carbons (Fsp3) is 0.538. The van der Waals surface area contributed by atoms with Gasteiger partial charge in [-0.05, 0) is 24.9 Å². The molecule has 1 aliphatic carbocycles. The van der Waals surface area contributed by atoms with Crippen LogP contribution in [-0.4, -0.2) is 46.4 Å². The van der Waals surface area contributed by atoms with Gasteiger partial charge in [0.1, 0.15) is 11.1 Å². The monoisotopic (exact) mass is 551 g/mol. The van der Waals surface area contributed by atoms with Crippen LogP contribution < -0.4 is 17.0 Å². The van der Waals surface area contributed by atoms with Crippen molar-refractivity contribution in [1.82, 2.24) is 9.55 Å². The Hall–Kier alpha value is -1.14. The van der Waals surface area contributed by atoms with Crippen LogP contribution in [0.2, 0.25) is 0 Å². The molecule has 20 heteroatoms. The van der Waals surface area contributed by atoms with Crippen LogP contribution in [0.15, 0.2) is 21.9 Å². The van der Waals surface area contributed by atoms with Gasteiger partial charge in [-0.25, -0.2) is 18.5 Å². The van der Waals surface area contributed by atoms with Gasteiger partial charge in [0, 0.05) is 23.6 Å². The molecule has 1 saturated heterocycles. The van der Waals surface area contributed by atoms with Gasteiger partial charge >= 0.3 is 29.2 Å². The molecule has 6 unspecified atom stereocenters. The first kappa shape index (κ1) is 26.5. The second-order valence-corrected chi connectivity index (χ2v) is 11.8. The van der Waals surface area contributed by atoms with E-state index in [9.17, 15) is 33.1 Å². The number of rotatable bonds is 8. The van der Waals surface area contributed by atoms with Crippen molar-refractivity contribution in [3.63, 3.8) is 0 Å². The Labute approximate surface area is 189 Å². The summed E-state index contributed by atoms with van der Waals surface area (Å²) in [5.74, 6) is 1.78. The van der Waals surface area contributed by atoms with Crippen LogP contribution in [0.4, 0.5) is 0 Å². The molecule has 7 N–H and O–H groups in total. The highest BCUT2D eigenvalue weighted by molar-refractivity contribution is 7.66. The van der Waals surface area contributed by atoms with Gasteiger partial charge in [0.2, 0.25) is 0 Å². The van der Waals surface area contributed by atoms with Crippen molar-refractivity contribution < 1.29 is 51.2 Å². The van der Waals surface area contributed by atoms with Crippen molar-refractivity contribution in [2.24, 2.45) is 11.7 Å². The Bertz CT molecular complexity index is 1280.